The van der Waals surface area contributed by atoms with Gasteiger partial charge in [-0.2, -0.15) is 0 Å². The van der Waals surface area contributed by atoms with Gasteiger partial charge in [-0.1, -0.05) is 18.1 Å². The van der Waals surface area contributed by atoms with Crippen LogP contribution in [0.5, 0.6) is 0 Å². The summed E-state index contributed by atoms with van der Waals surface area (Å²) in [5.41, 5.74) is 4.80. The number of aromatic nitrogens is 4. The zero-order chi connectivity index (χ0) is 45.6. The van der Waals surface area contributed by atoms with E-state index in [-0.39, 0.29) is 65.0 Å². The third-order valence-electron chi connectivity index (χ3n) is 12.8. The maximum Gasteiger partial charge on any atom is 0.223 e. The van der Waals surface area contributed by atoms with Crippen molar-refractivity contribution in [2.45, 2.75) is 79.5 Å². The summed E-state index contributed by atoms with van der Waals surface area (Å²) >= 11 is 1.29. The van der Waals surface area contributed by atoms with E-state index in [1.807, 2.05) is 25.3 Å². The van der Waals surface area contributed by atoms with Crippen LogP contribution in [0.15, 0.2) is 94.7 Å². The van der Waals surface area contributed by atoms with Crippen LogP contribution in [0.3, 0.4) is 0 Å². The molecular weight excluding hydrogens is 895 g/mol. The zero-order valence-electron chi connectivity index (χ0n) is 35.5. The summed E-state index contributed by atoms with van der Waals surface area (Å²) < 4.78 is 81.7. The molecule has 14 nitrogen and oxygen atoms in total. The SMILES string of the molecule is C#Cc1cc(N2C3CCC2CN(C(=O)CCS(=O)(=O)c2cccc4ncsc24)C3)ccc1F.Cc1ccc(N2C3CCC2CN(C(=O)CCS(=O)(=O)c2c(F)ccc4nccn24)C3)nc1. The summed E-state index contributed by atoms with van der Waals surface area (Å²) in [6.45, 7) is 4.10. The number of imidazole rings is 1. The van der Waals surface area contributed by atoms with Crippen LogP contribution in [0.4, 0.5) is 20.3 Å². The van der Waals surface area contributed by atoms with Crippen LogP contribution in [0.25, 0.3) is 15.9 Å². The van der Waals surface area contributed by atoms with Crippen molar-refractivity contribution in [3.63, 3.8) is 0 Å². The van der Waals surface area contributed by atoms with Gasteiger partial charge in [-0.15, -0.1) is 17.8 Å². The van der Waals surface area contributed by atoms with Gasteiger partial charge in [0.05, 0.1) is 37.7 Å². The first kappa shape index (κ1) is 44.2. The van der Waals surface area contributed by atoms with Crippen molar-refractivity contribution >= 4 is 70.2 Å². The number of amides is 2. The average Bonchev–Trinajstić information content (AvgIpc) is 4.09. The van der Waals surface area contributed by atoms with E-state index in [1.165, 1.54) is 40.3 Å². The topological polar surface area (TPSA) is 158 Å². The van der Waals surface area contributed by atoms with E-state index < -0.39 is 42.1 Å². The summed E-state index contributed by atoms with van der Waals surface area (Å²) in [5.74, 6) is 0.969. The number of carbonyl (C=O) groups is 2. The number of terminal acetylenes is 1. The highest BCUT2D eigenvalue weighted by molar-refractivity contribution is 7.92. The highest BCUT2D eigenvalue weighted by Crippen LogP contribution is 2.37. The molecule has 4 unspecified atom stereocenters. The zero-order valence-corrected chi connectivity index (χ0v) is 37.9. The highest BCUT2D eigenvalue weighted by atomic mass is 32.2. The van der Waals surface area contributed by atoms with Crippen LogP contribution in [0, 0.1) is 30.9 Å². The number of hydrogen-bond donors (Lipinski definition) is 0. The fourth-order valence-corrected chi connectivity index (χ4v) is 13.7. The van der Waals surface area contributed by atoms with Crippen LogP contribution in [-0.4, -0.2) is 120 Å². The number of anilines is 2. The van der Waals surface area contributed by atoms with E-state index in [9.17, 15) is 35.2 Å². The Bertz CT molecular complexity index is 3040. The monoisotopic (exact) mass is 940 g/mol. The van der Waals surface area contributed by atoms with Gasteiger partial charge in [0.15, 0.2) is 30.5 Å². The molecular formula is C46H46F2N8O6S3. The number of carbonyl (C=O) groups excluding carboxylic acids is 2. The van der Waals surface area contributed by atoms with Gasteiger partial charge < -0.3 is 19.6 Å². The lowest BCUT2D eigenvalue weighted by molar-refractivity contribution is -0.132. The summed E-state index contributed by atoms with van der Waals surface area (Å²) in [6.07, 6.45) is 13.6. The molecule has 2 aromatic carbocycles. The molecule has 4 saturated heterocycles. The molecule has 0 N–H and O–H groups in total. The predicted molar refractivity (Wildman–Crippen MR) is 243 cm³/mol. The number of fused-ring (bicyclic) bond motifs is 6. The van der Waals surface area contributed by atoms with Crippen molar-refractivity contribution in [2.75, 3.05) is 47.5 Å². The lowest BCUT2D eigenvalue weighted by Crippen LogP contribution is -2.55. The molecule has 0 saturated carbocycles. The molecule has 4 fully saturated rings. The second kappa shape index (κ2) is 17.8. The van der Waals surface area contributed by atoms with E-state index in [1.54, 1.807) is 45.6 Å². The first-order valence-electron chi connectivity index (χ1n) is 21.4. The normalized spacial score (nSPS) is 20.5. The average molecular weight is 941 g/mol. The Labute approximate surface area is 379 Å². The second-order valence-corrected chi connectivity index (χ2v) is 21.9. The van der Waals surface area contributed by atoms with E-state index in [0.717, 1.165) is 48.8 Å². The Balaban J connectivity index is 0.000000164. The fraction of sp³-hybridized carbons (Fsp3) is 0.370. The van der Waals surface area contributed by atoms with Gasteiger partial charge >= 0.3 is 0 Å². The van der Waals surface area contributed by atoms with Gasteiger partial charge in [0.2, 0.25) is 11.8 Å². The van der Waals surface area contributed by atoms with Gasteiger partial charge in [-0.25, -0.2) is 40.6 Å². The minimum absolute atomic E-state index is 0.0608. The lowest BCUT2D eigenvalue weighted by Gasteiger charge is -2.42. The number of piperazine rings is 2. The third-order valence-corrected chi connectivity index (χ3v) is 17.3. The minimum Gasteiger partial charge on any atom is -0.362 e. The van der Waals surface area contributed by atoms with Gasteiger partial charge in [-0.05, 0) is 86.7 Å². The van der Waals surface area contributed by atoms with Crippen LogP contribution in [0.1, 0.15) is 49.7 Å². The quantitative estimate of drug-likeness (QED) is 0.156. The van der Waals surface area contributed by atoms with E-state index in [4.69, 9.17) is 6.42 Å². The largest absolute Gasteiger partial charge is 0.362 e. The van der Waals surface area contributed by atoms with E-state index in [2.05, 4.69) is 30.7 Å². The van der Waals surface area contributed by atoms with Gasteiger partial charge in [-0.3, -0.25) is 14.0 Å². The van der Waals surface area contributed by atoms with E-state index >= 15 is 0 Å². The number of halogens is 2. The first-order valence-corrected chi connectivity index (χ1v) is 25.6. The number of sulfone groups is 2. The molecule has 0 aliphatic carbocycles. The molecule has 10 rings (SSSR count). The molecule has 338 valence electrons. The van der Waals surface area contributed by atoms with Crippen molar-refractivity contribution < 1.29 is 35.2 Å². The molecule has 4 aliphatic rings. The molecule has 0 radical (unpaired) electrons. The number of rotatable bonds is 10. The molecule has 4 aromatic heterocycles. The van der Waals surface area contributed by atoms with Crippen LogP contribution >= 0.6 is 11.3 Å². The molecule has 6 aromatic rings. The number of aryl methyl sites for hydroxylation is 1. The van der Waals surface area contributed by atoms with Crippen molar-refractivity contribution in [3.8, 4) is 12.3 Å². The van der Waals surface area contributed by atoms with Crippen molar-refractivity contribution in [1.29, 1.82) is 0 Å². The molecule has 65 heavy (non-hydrogen) atoms. The Morgan fingerprint density at radius 3 is 2.03 bits per heavy atom. The number of thiazole rings is 1. The summed E-state index contributed by atoms with van der Waals surface area (Å²) in [4.78, 5) is 46.8. The Morgan fingerprint density at radius 1 is 0.769 bits per heavy atom. The smallest absolute Gasteiger partial charge is 0.223 e. The Hall–Kier alpha value is -5.97. The number of benzene rings is 2. The molecule has 8 heterocycles. The van der Waals surface area contributed by atoms with Crippen molar-refractivity contribution in [1.82, 2.24) is 29.2 Å². The fourth-order valence-electron chi connectivity index (χ4n) is 9.72. The lowest BCUT2D eigenvalue weighted by atomic mass is 10.1. The number of likely N-dealkylation sites (tertiary alicyclic amines) is 2. The minimum atomic E-state index is -4.01. The maximum absolute atomic E-state index is 14.4. The van der Waals surface area contributed by atoms with Crippen LogP contribution in [-0.2, 0) is 29.3 Å². The molecule has 4 bridgehead atoms. The van der Waals surface area contributed by atoms with Crippen molar-refractivity contribution in [3.05, 3.63) is 108 Å². The number of hydrogen-bond acceptors (Lipinski definition) is 12. The number of pyridine rings is 2. The van der Waals surface area contributed by atoms with Crippen molar-refractivity contribution in [2.24, 2.45) is 0 Å². The second-order valence-electron chi connectivity index (χ2n) is 16.9. The van der Waals surface area contributed by atoms with E-state index in [0.29, 0.717) is 42.0 Å². The first-order chi connectivity index (χ1) is 31.2. The Kier molecular flexibility index (Phi) is 12.1. The third kappa shape index (κ3) is 8.78. The van der Waals surface area contributed by atoms with Gasteiger partial charge in [0.25, 0.3) is 0 Å². The highest BCUT2D eigenvalue weighted by Gasteiger charge is 2.43. The standard InChI is InChI=1S/C24H22FN3O3S2.C22H24FN5O3S/c1-2-16-12-17(8-9-20(16)25)28-18-6-7-19(28)14-27(13-18)23(29)10-11-33(30,31)22-5-3-4-21-24(22)32-15-26-21;1-15-2-6-20(25-12-15)28-16-3-4-17(28)14-26(13-16)21(29)8-11-32(30,31)22-18(23)5-7-19-24-9-10-27(19)22/h1,3-5,8-9,12,15,18-19H,6-7,10-11,13-14H2;2,5-7,9-10,12,16-17H,3-4,8,11,13-14H2,1H3. The van der Waals surface area contributed by atoms with Gasteiger partial charge in [0.1, 0.15) is 17.3 Å². The van der Waals surface area contributed by atoms with Crippen LogP contribution < -0.4 is 9.80 Å². The molecule has 4 atom stereocenters. The summed E-state index contributed by atoms with van der Waals surface area (Å²) in [7, 11) is -7.62. The molecule has 4 aliphatic heterocycles. The van der Waals surface area contributed by atoms with Gasteiger partial charge in [0, 0.05) is 87.5 Å². The summed E-state index contributed by atoms with van der Waals surface area (Å²) in [6, 6.07) is 16.9. The predicted octanol–water partition coefficient (Wildman–Crippen LogP) is 5.68. The molecule has 2 amide bonds. The number of nitrogens with zero attached hydrogens (tertiary/aromatic N) is 8. The van der Waals surface area contributed by atoms with Crippen LogP contribution in [0.2, 0.25) is 0 Å². The maximum atomic E-state index is 14.4. The summed E-state index contributed by atoms with van der Waals surface area (Å²) in [5, 5.41) is -0.448. The molecule has 19 heteroatoms. The molecule has 0 spiro atoms. The Morgan fingerprint density at radius 2 is 1.40 bits per heavy atom.